The number of aliphatic hydroxyl groups is 1. The molecule has 3 aromatic rings. The van der Waals surface area contributed by atoms with Crippen LogP contribution < -0.4 is 14.8 Å². The van der Waals surface area contributed by atoms with Crippen LogP contribution in [0.1, 0.15) is 48.0 Å². The fourth-order valence-electron chi connectivity index (χ4n) is 3.83. The number of nitrogens with zero attached hydrogens (tertiary/aromatic N) is 1. The molecule has 38 heavy (non-hydrogen) atoms. The van der Waals surface area contributed by atoms with Crippen molar-refractivity contribution in [2.45, 2.75) is 45.4 Å². The fraction of sp³-hybridized carbons (Fsp3) is 0.286. The Bertz CT molecular complexity index is 1260. The van der Waals surface area contributed by atoms with Gasteiger partial charge in [-0.2, -0.15) is 0 Å². The van der Waals surface area contributed by atoms with Gasteiger partial charge in [0.25, 0.3) is 5.91 Å². The first-order chi connectivity index (χ1) is 18.0. The molecule has 200 valence electrons. The van der Waals surface area contributed by atoms with Gasteiger partial charge in [-0.15, -0.1) is 0 Å². The van der Waals surface area contributed by atoms with Gasteiger partial charge in [-0.05, 0) is 44.0 Å². The van der Waals surface area contributed by atoms with Gasteiger partial charge < -0.3 is 24.6 Å². The van der Waals surface area contributed by atoms with E-state index in [9.17, 15) is 23.9 Å². The van der Waals surface area contributed by atoms with Crippen molar-refractivity contribution < 1.29 is 38.1 Å². The Labute approximate surface area is 219 Å². The molecule has 0 spiro atoms. The van der Waals surface area contributed by atoms with E-state index < -0.39 is 41.4 Å². The summed E-state index contributed by atoms with van der Waals surface area (Å²) in [7, 11) is 1.34. The molecule has 3 rings (SSSR count). The van der Waals surface area contributed by atoms with Gasteiger partial charge in [-0.25, -0.2) is 14.2 Å². The van der Waals surface area contributed by atoms with Gasteiger partial charge in [0.15, 0.2) is 17.0 Å². The van der Waals surface area contributed by atoms with E-state index in [0.717, 1.165) is 12.5 Å². The lowest BCUT2D eigenvalue weighted by molar-refractivity contribution is -0.162. The Balaban J connectivity index is 1.83. The fourth-order valence-corrected chi connectivity index (χ4v) is 3.83. The average Bonchev–Trinajstić information content (AvgIpc) is 2.88. The van der Waals surface area contributed by atoms with Crippen molar-refractivity contribution >= 4 is 17.8 Å². The molecule has 0 aliphatic heterocycles. The number of hydrogen-bond donors (Lipinski definition) is 2. The van der Waals surface area contributed by atoms with Crippen molar-refractivity contribution in [1.82, 2.24) is 10.3 Å². The van der Waals surface area contributed by atoms with Gasteiger partial charge in [-0.3, -0.25) is 9.59 Å². The summed E-state index contributed by atoms with van der Waals surface area (Å²) in [5, 5.41) is 14.3. The third kappa shape index (κ3) is 6.15. The molecular formula is C28H29FN2O7. The summed E-state index contributed by atoms with van der Waals surface area (Å²) < 4.78 is 29.4. The van der Waals surface area contributed by atoms with Crippen molar-refractivity contribution in [3.05, 3.63) is 89.0 Å². The van der Waals surface area contributed by atoms with Crippen LogP contribution in [-0.4, -0.2) is 47.2 Å². The number of nitrogens with one attached hydrogen (secondary N) is 1. The normalized spacial score (nSPS) is 14.0. The Kier molecular flexibility index (Phi) is 8.80. The van der Waals surface area contributed by atoms with E-state index in [1.54, 1.807) is 24.3 Å². The third-order valence-electron chi connectivity index (χ3n) is 5.91. The minimum atomic E-state index is -1.82. The van der Waals surface area contributed by atoms with E-state index in [4.69, 9.17) is 14.2 Å². The highest BCUT2D eigenvalue weighted by atomic mass is 19.1. The molecule has 2 aromatic carbocycles. The minimum absolute atomic E-state index is 0.103. The van der Waals surface area contributed by atoms with Crippen LogP contribution in [0.15, 0.2) is 60.8 Å². The number of aromatic nitrogens is 1. The van der Waals surface area contributed by atoms with Gasteiger partial charge in [0.05, 0.1) is 7.11 Å². The number of methoxy groups -OCH3 is 1. The number of carbonyl (C=O) groups excluding carboxylic acids is 3. The van der Waals surface area contributed by atoms with Crippen LogP contribution in [0.3, 0.4) is 0 Å². The standard InChI is InChI=1S/C28H29FN2O7/c1-16-6-8-20(9-7-16)28(35,21-10-12-22(29)13-11-21)18(3)37-27(34)17(2)31-26(33)24-25(38-19(4)32)23(36-5)14-15-30-24/h6-15,17-18,35H,1-5H3,(H,31,33)/t17-,18+,28?/m0/s1. The first-order valence-electron chi connectivity index (χ1n) is 11.8. The third-order valence-corrected chi connectivity index (χ3v) is 5.91. The Morgan fingerprint density at radius 2 is 1.58 bits per heavy atom. The topological polar surface area (TPSA) is 124 Å². The van der Waals surface area contributed by atoms with E-state index in [1.807, 2.05) is 6.92 Å². The summed E-state index contributed by atoms with van der Waals surface area (Å²) in [5.41, 5.74) is -0.396. The molecule has 2 N–H and O–H groups in total. The number of halogens is 1. The highest BCUT2D eigenvalue weighted by molar-refractivity contribution is 5.98. The predicted molar refractivity (Wildman–Crippen MR) is 135 cm³/mol. The monoisotopic (exact) mass is 524 g/mol. The molecule has 0 bridgehead atoms. The molecule has 1 amide bonds. The van der Waals surface area contributed by atoms with Crippen molar-refractivity contribution in [2.75, 3.05) is 7.11 Å². The zero-order chi connectivity index (χ0) is 28.0. The second-order valence-electron chi connectivity index (χ2n) is 8.70. The van der Waals surface area contributed by atoms with E-state index in [-0.39, 0.29) is 17.2 Å². The predicted octanol–water partition coefficient (Wildman–Crippen LogP) is 3.45. The minimum Gasteiger partial charge on any atom is -0.493 e. The van der Waals surface area contributed by atoms with Crippen LogP contribution in [-0.2, 0) is 19.9 Å². The molecule has 1 unspecified atom stereocenters. The van der Waals surface area contributed by atoms with E-state index in [2.05, 4.69) is 10.3 Å². The van der Waals surface area contributed by atoms with E-state index in [1.165, 1.54) is 57.5 Å². The molecule has 9 nitrogen and oxygen atoms in total. The summed E-state index contributed by atoms with van der Waals surface area (Å²) in [6.45, 7) is 5.93. The Hall–Kier alpha value is -4.31. The Morgan fingerprint density at radius 1 is 1.00 bits per heavy atom. The maximum absolute atomic E-state index is 13.6. The van der Waals surface area contributed by atoms with Crippen LogP contribution in [0.5, 0.6) is 11.5 Å². The van der Waals surface area contributed by atoms with E-state index in [0.29, 0.717) is 11.1 Å². The summed E-state index contributed by atoms with van der Waals surface area (Å²) in [4.78, 5) is 41.4. The molecule has 0 aliphatic rings. The summed E-state index contributed by atoms with van der Waals surface area (Å²) in [6, 6.07) is 12.4. The highest BCUT2D eigenvalue weighted by Gasteiger charge is 2.41. The maximum atomic E-state index is 13.6. The van der Waals surface area contributed by atoms with Gasteiger partial charge in [0.2, 0.25) is 5.75 Å². The van der Waals surface area contributed by atoms with Gasteiger partial charge in [-0.1, -0.05) is 42.0 Å². The number of carbonyl (C=O) groups is 3. The lowest BCUT2D eigenvalue weighted by atomic mass is 9.82. The lowest BCUT2D eigenvalue weighted by Crippen LogP contribution is -2.46. The maximum Gasteiger partial charge on any atom is 0.328 e. The molecular weight excluding hydrogens is 495 g/mol. The molecule has 1 heterocycles. The molecule has 0 saturated carbocycles. The molecule has 0 aliphatic carbocycles. The molecule has 3 atom stereocenters. The summed E-state index contributed by atoms with van der Waals surface area (Å²) >= 11 is 0. The quantitative estimate of drug-likeness (QED) is 0.408. The molecule has 0 saturated heterocycles. The number of amides is 1. The second-order valence-corrected chi connectivity index (χ2v) is 8.70. The SMILES string of the molecule is COc1ccnc(C(=O)N[C@@H](C)C(=O)O[C@H](C)C(O)(c2ccc(C)cc2)c2ccc(F)cc2)c1OC(C)=O. The number of pyridine rings is 1. The molecule has 10 heteroatoms. The van der Waals surface area contributed by atoms with Crippen LogP contribution >= 0.6 is 0 Å². The van der Waals surface area contributed by atoms with Crippen LogP contribution in [0.2, 0.25) is 0 Å². The first-order valence-corrected chi connectivity index (χ1v) is 11.8. The van der Waals surface area contributed by atoms with Crippen LogP contribution in [0.4, 0.5) is 4.39 Å². The number of esters is 2. The zero-order valence-electron chi connectivity index (χ0n) is 21.7. The largest absolute Gasteiger partial charge is 0.493 e. The van der Waals surface area contributed by atoms with Crippen molar-refractivity contribution in [3.63, 3.8) is 0 Å². The van der Waals surface area contributed by atoms with Gasteiger partial charge in [0.1, 0.15) is 18.0 Å². The summed E-state index contributed by atoms with van der Waals surface area (Å²) in [5.74, 6) is -2.94. The highest BCUT2D eigenvalue weighted by Crippen LogP contribution is 2.35. The van der Waals surface area contributed by atoms with Crippen LogP contribution in [0, 0.1) is 12.7 Å². The number of rotatable bonds is 9. The van der Waals surface area contributed by atoms with Gasteiger partial charge >= 0.3 is 11.9 Å². The van der Waals surface area contributed by atoms with Gasteiger partial charge in [0, 0.05) is 19.2 Å². The average molecular weight is 525 g/mol. The molecule has 0 radical (unpaired) electrons. The number of hydrogen-bond acceptors (Lipinski definition) is 8. The summed E-state index contributed by atoms with van der Waals surface area (Å²) in [6.07, 6.45) is 0.144. The number of aryl methyl sites for hydroxylation is 1. The zero-order valence-corrected chi connectivity index (χ0v) is 21.7. The van der Waals surface area contributed by atoms with Crippen molar-refractivity contribution in [2.24, 2.45) is 0 Å². The number of benzene rings is 2. The molecule has 0 fully saturated rings. The van der Waals surface area contributed by atoms with Crippen LogP contribution in [0.25, 0.3) is 0 Å². The van der Waals surface area contributed by atoms with Crippen molar-refractivity contribution in [3.8, 4) is 11.5 Å². The first kappa shape index (κ1) is 28.3. The van der Waals surface area contributed by atoms with Crippen molar-refractivity contribution in [1.29, 1.82) is 0 Å². The second kappa shape index (κ2) is 11.8. The van der Waals surface area contributed by atoms with E-state index >= 15 is 0 Å². The number of ether oxygens (including phenoxy) is 3. The molecule has 1 aromatic heterocycles. The Morgan fingerprint density at radius 3 is 2.13 bits per heavy atom. The lowest BCUT2D eigenvalue weighted by Gasteiger charge is -2.35. The smallest absolute Gasteiger partial charge is 0.328 e.